The van der Waals surface area contributed by atoms with Gasteiger partial charge in [-0.2, -0.15) is 0 Å². The van der Waals surface area contributed by atoms with Gasteiger partial charge in [0.25, 0.3) is 0 Å². The maximum atomic E-state index is 9.59. The summed E-state index contributed by atoms with van der Waals surface area (Å²) in [6.07, 6.45) is -0.547. The van der Waals surface area contributed by atoms with E-state index in [2.05, 4.69) is 15.9 Å². The Hall–Kier alpha value is -1.23. The highest BCUT2D eigenvalue weighted by Gasteiger charge is 2.10. The fourth-order valence-electron chi connectivity index (χ4n) is 1.86. The van der Waals surface area contributed by atoms with Crippen molar-refractivity contribution in [3.63, 3.8) is 0 Å². The fraction of sp³-hybridized carbons (Fsp3) is 0.250. The SMILES string of the molecule is COc1cc([C@@H](C)O)ccc1OCc1ccc(Br)cc1Cl. The minimum atomic E-state index is -0.547. The topological polar surface area (TPSA) is 38.7 Å². The Bertz CT molecular complexity index is 629. The number of halogens is 2. The lowest BCUT2D eigenvalue weighted by atomic mass is 10.1. The van der Waals surface area contributed by atoms with E-state index < -0.39 is 6.10 Å². The zero-order valence-corrected chi connectivity index (χ0v) is 14.1. The number of hydrogen-bond acceptors (Lipinski definition) is 3. The number of rotatable bonds is 5. The van der Waals surface area contributed by atoms with Crippen LogP contribution in [0.1, 0.15) is 24.2 Å². The molecule has 5 heteroatoms. The number of benzene rings is 2. The van der Waals surface area contributed by atoms with Crippen LogP contribution in [0.15, 0.2) is 40.9 Å². The molecule has 112 valence electrons. The largest absolute Gasteiger partial charge is 0.493 e. The van der Waals surface area contributed by atoms with Crippen molar-refractivity contribution in [3.8, 4) is 11.5 Å². The lowest BCUT2D eigenvalue weighted by Gasteiger charge is -2.14. The van der Waals surface area contributed by atoms with Crippen LogP contribution >= 0.6 is 27.5 Å². The maximum Gasteiger partial charge on any atom is 0.161 e. The van der Waals surface area contributed by atoms with Crippen molar-refractivity contribution in [1.82, 2.24) is 0 Å². The first-order chi connectivity index (χ1) is 10.0. The van der Waals surface area contributed by atoms with Crippen LogP contribution in [0.3, 0.4) is 0 Å². The molecule has 0 bridgehead atoms. The molecule has 0 spiro atoms. The van der Waals surface area contributed by atoms with Crippen LogP contribution in [0.2, 0.25) is 5.02 Å². The molecular weight excluding hydrogens is 356 g/mol. The molecule has 0 unspecified atom stereocenters. The second kappa shape index (κ2) is 7.16. The van der Waals surface area contributed by atoms with Crippen LogP contribution in [-0.4, -0.2) is 12.2 Å². The summed E-state index contributed by atoms with van der Waals surface area (Å²) in [5.41, 5.74) is 1.67. The number of methoxy groups -OCH3 is 1. The Morgan fingerprint density at radius 2 is 1.95 bits per heavy atom. The molecule has 0 aromatic heterocycles. The third-order valence-corrected chi connectivity index (χ3v) is 3.91. The van der Waals surface area contributed by atoms with E-state index in [4.69, 9.17) is 21.1 Å². The molecule has 1 N–H and O–H groups in total. The Morgan fingerprint density at radius 1 is 1.19 bits per heavy atom. The van der Waals surface area contributed by atoms with E-state index in [0.29, 0.717) is 23.1 Å². The highest BCUT2D eigenvalue weighted by atomic mass is 79.9. The number of aliphatic hydroxyl groups excluding tert-OH is 1. The molecule has 0 radical (unpaired) electrons. The zero-order valence-electron chi connectivity index (χ0n) is 11.8. The third-order valence-electron chi connectivity index (χ3n) is 3.07. The summed E-state index contributed by atoms with van der Waals surface area (Å²) in [5.74, 6) is 1.20. The summed E-state index contributed by atoms with van der Waals surface area (Å²) in [4.78, 5) is 0. The third kappa shape index (κ3) is 4.13. The zero-order chi connectivity index (χ0) is 15.4. The van der Waals surface area contributed by atoms with Crippen molar-refractivity contribution in [2.24, 2.45) is 0 Å². The molecule has 0 aliphatic carbocycles. The van der Waals surface area contributed by atoms with Crippen LogP contribution in [0, 0.1) is 0 Å². The molecule has 0 fully saturated rings. The highest BCUT2D eigenvalue weighted by molar-refractivity contribution is 9.10. The van der Waals surface area contributed by atoms with Gasteiger partial charge < -0.3 is 14.6 Å². The van der Waals surface area contributed by atoms with E-state index in [9.17, 15) is 5.11 Å². The van der Waals surface area contributed by atoms with Crippen LogP contribution in [0.5, 0.6) is 11.5 Å². The fourth-order valence-corrected chi connectivity index (χ4v) is 2.59. The summed E-state index contributed by atoms with van der Waals surface area (Å²) in [6.45, 7) is 2.05. The van der Waals surface area contributed by atoms with Gasteiger partial charge in [-0.05, 0) is 36.8 Å². The first-order valence-electron chi connectivity index (χ1n) is 6.44. The van der Waals surface area contributed by atoms with Gasteiger partial charge in [0.05, 0.1) is 13.2 Å². The molecule has 21 heavy (non-hydrogen) atoms. The van der Waals surface area contributed by atoms with Crippen molar-refractivity contribution < 1.29 is 14.6 Å². The van der Waals surface area contributed by atoms with Crippen molar-refractivity contribution >= 4 is 27.5 Å². The Kier molecular flexibility index (Phi) is 5.51. The van der Waals surface area contributed by atoms with Crippen LogP contribution in [-0.2, 0) is 6.61 Å². The van der Waals surface area contributed by atoms with Crippen molar-refractivity contribution in [3.05, 3.63) is 57.0 Å². The molecular formula is C16H16BrClO3. The van der Waals surface area contributed by atoms with Crippen molar-refractivity contribution in [2.75, 3.05) is 7.11 Å². The summed E-state index contributed by atoms with van der Waals surface area (Å²) in [6, 6.07) is 11.0. The minimum Gasteiger partial charge on any atom is -0.493 e. The second-order valence-electron chi connectivity index (χ2n) is 4.61. The molecule has 2 rings (SSSR count). The predicted octanol–water partition coefficient (Wildman–Crippen LogP) is 4.74. The smallest absolute Gasteiger partial charge is 0.161 e. The van der Waals surface area contributed by atoms with Gasteiger partial charge in [0.15, 0.2) is 11.5 Å². The average Bonchev–Trinajstić information content (AvgIpc) is 2.46. The van der Waals surface area contributed by atoms with Crippen LogP contribution in [0.25, 0.3) is 0 Å². The van der Waals surface area contributed by atoms with Crippen LogP contribution in [0.4, 0.5) is 0 Å². The monoisotopic (exact) mass is 370 g/mol. The summed E-state index contributed by atoms with van der Waals surface area (Å²) < 4.78 is 12.0. The molecule has 0 amide bonds. The van der Waals surface area contributed by atoms with Gasteiger partial charge in [-0.3, -0.25) is 0 Å². The van der Waals surface area contributed by atoms with E-state index in [1.165, 1.54) is 0 Å². The van der Waals surface area contributed by atoms with E-state index >= 15 is 0 Å². The molecule has 0 heterocycles. The molecule has 2 aromatic rings. The molecule has 0 saturated carbocycles. The lowest BCUT2D eigenvalue weighted by Crippen LogP contribution is -2.00. The highest BCUT2D eigenvalue weighted by Crippen LogP contribution is 2.31. The quantitative estimate of drug-likeness (QED) is 0.825. The van der Waals surface area contributed by atoms with Gasteiger partial charge in [0.2, 0.25) is 0 Å². The standard InChI is InChI=1S/C16H16BrClO3/c1-10(19)11-4-6-15(16(7-11)20-2)21-9-12-3-5-13(17)8-14(12)18/h3-8,10,19H,9H2,1-2H3/t10-/m1/s1. The minimum absolute atomic E-state index is 0.344. The van der Waals surface area contributed by atoms with Crippen LogP contribution < -0.4 is 9.47 Å². The predicted molar refractivity (Wildman–Crippen MR) is 87.1 cm³/mol. The first kappa shape index (κ1) is 16.1. The first-order valence-corrected chi connectivity index (χ1v) is 7.61. The molecule has 0 aliphatic rings. The number of aliphatic hydroxyl groups is 1. The summed E-state index contributed by atoms with van der Waals surface area (Å²) in [5, 5.41) is 10.2. The molecule has 1 atom stereocenters. The van der Waals surface area contributed by atoms with Crippen molar-refractivity contribution in [1.29, 1.82) is 0 Å². The van der Waals surface area contributed by atoms with E-state index in [1.807, 2.05) is 24.3 Å². The number of hydrogen-bond donors (Lipinski definition) is 1. The Morgan fingerprint density at radius 3 is 2.57 bits per heavy atom. The Labute approximate surface area is 137 Å². The second-order valence-corrected chi connectivity index (χ2v) is 5.93. The van der Waals surface area contributed by atoms with Gasteiger partial charge in [0.1, 0.15) is 6.61 Å². The maximum absolute atomic E-state index is 9.59. The summed E-state index contributed by atoms with van der Waals surface area (Å²) in [7, 11) is 1.57. The number of ether oxygens (including phenoxy) is 2. The molecule has 2 aromatic carbocycles. The molecule has 0 aliphatic heterocycles. The lowest BCUT2D eigenvalue weighted by molar-refractivity contribution is 0.198. The van der Waals surface area contributed by atoms with Gasteiger partial charge in [0, 0.05) is 15.1 Å². The van der Waals surface area contributed by atoms with Gasteiger partial charge in [-0.15, -0.1) is 0 Å². The van der Waals surface area contributed by atoms with E-state index in [0.717, 1.165) is 15.6 Å². The molecule has 0 saturated heterocycles. The average molecular weight is 372 g/mol. The normalized spacial score (nSPS) is 12.0. The van der Waals surface area contributed by atoms with Gasteiger partial charge in [-0.1, -0.05) is 39.7 Å². The molecule has 3 nitrogen and oxygen atoms in total. The van der Waals surface area contributed by atoms with E-state index in [1.54, 1.807) is 26.2 Å². The Balaban J connectivity index is 2.16. The van der Waals surface area contributed by atoms with Gasteiger partial charge in [-0.25, -0.2) is 0 Å². The van der Waals surface area contributed by atoms with Gasteiger partial charge >= 0.3 is 0 Å². The van der Waals surface area contributed by atoms with Crippen molar-refractivity contribution in [2.45, 2.75) is 19.6 Å². The van der Waals surface area contributed by atoms with E-state index in [-0.39, 0.29) is 0 Å². The summed E-state index contributed by atoms with van der Waals surface area (Å²) >= 11 is 9.53.